The monoisotopic (exact) mass is 239 g/mol. The first kappa shape index (κ1) is 16.4. The Balaban J connectivity index is 3.67. The molecule has 0 saturated carbocycles. The van der Waals surface area contributed by atoms with Gasteiger partial charge in [0.25, 0.3) is 0 Å². The van der Waals surface area contributed by atoms with Crippen LogP contribution in [0.4, 0.5) is 0 Å². The van der Waals surface area contributed by atoms with E-state index in [1.165, 1.54) is 5.57 Å². The Bertz CT molecular complexity index is 247. The van der Waals surface area contributed by atoms with Crippen molar-refractivity contribution in [2.75, 3.05) is 6.54 Å². The van der Waals surface area contributed by atoms with Crippen LogP contribution in [-0.4, -0.2) is 18.4 Å². The first-order chi connectivity index (χ1) is 7.82. The minimum Gasteiger partial charge on any atom is -0.314 e. The van der Waals surface area contributed by atoms with Crippen LogP contribution in [0.3, 0.4) is 0 Å². The number of ketones is 1. The summed E-state index contributed by atoms with van der Waals surface area (Å²) in [5.41, 5.74) is 1.23. The summed E-state index contributed by atoms with van der Waals surface area (Å²) in [7, 11) is 0. The Morgan fingerprint density at radius 1 is 1.24 bits per heavy atom. The van der Waals surface area contributed by atoms with Crippen molar-refractivity contribution in [2.24, 2.45) is 11.8 Å². The summed E-state index contributed by atoms with van der Waals surface area (Å²) in [6.07, 6.45) is 3.18. The van der Waals surface area contributed by atoms with Crippen LogP contribution < -0.4 is 5.32 Å². The SMILES string of the molecule is C=C(C)CC(C)NCCC(C)CC(C)C(C)=O. The lowest BCUT2D eigenvalue weighted by Crippen LogP contribution is -2.28. The quantitative estimate of drug-likeness (QED) is 0.623. The molecule has 2 nitrogen and oxygen atoms in total. The summed E-state index contributed by atoms with van der Waals surface area (Å²) in [5.74, 6) is 1.12. The van der Waals surface area contributed by atoms with Crippen molar-refractivity contribution in [1.29, 1.82) is 0 Å². The molecule has 0 amide bonds. The fourth-order valence-electron chi connectivity index (χ4n) is 2.06. The predicted octanol–water partition coefficient (Wildman–Crippen LogP) is 3.57. The van der Waals surface area contributed by atoms with Gasteiger partial charge < -0.3 is 5.32 Å². The largest absolute Gasteiger partial charge is 0.314 e. The Hall–Kier alpha value is -0.630. The maximum Gasteiger partial charge on any atom is 0.132 e. The standard InChI is InChI=1S/C15H29NO/c1-11(2)9-14(5)16-8-7-12(3)10-13(4)15(6)17/h12-14,16H,1,7-10H2,2-6H3. The molecule has 0 saturated heterocycles. The van der Waals surface area contributed by atoms with E-state index in [9.17, 15) is 4.79 Å². The summed E-state index contributed by atoms with van der Waals surface area (Å²) in [4.78, 5) is 11.2. The molecule has 0 aliphatic carbocycles. The van der Waals surface area contributed by atoms with Crippen LogP contribution in [0.15, 0.2) is 12.2 Å². The molecule has 3 unspecified atom stereocenters. The number of Topliss-reactive ketones (excluding diaryl/α,β-unsaturated/α-hetero) is 1. The van der Waals surface area contributed by atoms with E-state index >= 15 is 0 Å². The van der Waals surface area contributed by atoms with E-state index in [4.69, 9.17) is 0 Å². The molecule has 0 bridgehead atoms. The lowest BCUT2D eigenvalue weighted by atomic mass is 9.92. The van der Waals surface area contributed by atoms with Crippen molar-refractivity contribution in [3.63, 3.8) is 0 Å². The maximum atomic E-state index is 11.2. The van der Waals surface area contributed by atoms with E-state index < -0.39 is 0 Å². The molecule has 0 spiro atoms. The average molecular weight is 239 g/mol. The number of rotatable bonds is 9. The molecule has 0 aliphatic heterocycles. The number of carbonyl (C=O) groups is 1. The second-order valence-corrected chi connectivity index (χ2v) is 5.66. The molecule has 100 valence electrons. The van der Waals surface area contributed by atoms with Crippen molar-refractivity contribution in [3.8, 4) is 0 Å². The maximum absolute atomic E-state index is 11.2. The average Bonchev–Trinajstić information content (AvgIpc) is 2.15. The summed E-state index contributed by atoms with van der Waals surface area (Å²) < 4.78 is 0. The normalized spacial score (nSPS) is 16.3. The van der Waals surface area contributed by atoms with Crippen molar-refractivity contribution in [1.82, 2.24) is 5.32 Å². The first-order valence-electron chi connectivity index (χ1n) is 6.71. The van der Waals surface area contributed by atoms with Crippen LogP contribution in [0.25, 0.3) is 0 Å². The molecule has 0 aromatic rings. The Labute approximate surface area is 107 Å². The Kier molecular flexibility index (Phi) is 8.15. The molecular formula is C15H29NO. The third kappa shape index (κ3) is 9.11. The minimum absolute atomic E-state index is 0.206. The van der Waals surface area contributed by atoms with Gasteiger partial charge in [0.2, 0.25) is 0 Å². The van der Waals surface area contributed by atoms with E-state index in [0.717, 1.165) is 25.8 Å². The molecule has 2 heteroatoms. The highest BCUT2D eigenvalue weighted by atomic mass is 16.1. The molecule has 0 aliphatic rings. The van der Waals surface area contributed by atoms with Crippen molar-refractivity contribution in [2.45, 2.75) is 59.9 Å². The van der Waals surface area contributed by atoms with Crippen LogP contribution >= 0.6 is 0 Å². The van der Waals surface area contributed by atoms with Crippen molar-refractivity contribution >= 4 is 5.78 Å². The van der Waals surface area contributed by atoms with Crippen LogP contribution in [0, 0.1) is 11.8 Å². The number of carbonyl (C=O) groups excluding carboxylic acids is 1. The highest BCUT2D eigenvalue weighted by Gasteiger charge is 2.12. The molecule has 3 atom stereocenters. The van der Waals surface area contributed by atoms with Gasteiger partial charge in [-0.1, -0.05) is 19.4 Å². The lowest BCUT2D eigenvalue weighted by molar-refractivity contribution is -0.120. The van der Waals surface area contributed by atoms with Gasteiger partial charge in [-0.05, 0) is 52.5 Å². The topological polar surface area (TPSA) is 29.1 Å². The van der Waals surface area contributed by atoms with E-state index in [0.29, 0.717) is 17.7 Å². The fourth-order valence-corrected chi connectivity index (χ4v) is 2.06. The van der Waals surface area contributed by atoms with E-state index in [1.54, 1.807) is 6.92 Å². The van der Waals surface area contributed by atoms with E-state index in [1.807, 2.05) is 6.92 Å². The van der Waals surface area contributed by atoms with Gasteiger partial charge in [-0.3, -0.25) is 4.79 Å². The third-order valence-electron chi connectivity index (χ3n) is 3.23. The number of hydrogen-bond donors (Lipinski definition) is 1. The first-order valence-corrected chi connectivity index (χ1v) is 6.71. The zero-order chi connectivity index (χ0) is 13.4. The van der Waals surface area contributed by atoms with Gasteiger partial charge in [-0.15, -0.1) is 6.58 Å². The summed E-state index contributed by atoms with van der Waals surface area (Å²) >= 11 is 0. The van der Waals surface area contributed by atoms with Gasteiger partial charge in [0.05, 0.1) is 0 Å². The molecule has 0 aromatic heterocycles. The molecule has 17 heavy (non-hydrogen) atoms. The van der Waals surface area contributed by atoms with Gasteiger partial charge in [-0.2, -0.15) is 0 Å². The second kappa shape index (κ2) is 8.46. The van der Waals surface area contributed by atoms with Gasteiger partial charge in [0.15, 0.2) is 0 Å². The summed E-state index contributed by atoms with van der Waals surface area (Å²) in [5, 5.41) is 3.50. The smallest absolute Gasteiger partial charge is 0.132 e. The lowest BCUT2D eigenvalue weighted by Gasteiger charge is -2.18. The fraction of sp³-hybridized carbons (Fsp3) is 0.800. The molecule has 0 heterocycles. The van der Waals surface area contributed by atoms with Crippen LogP contribution in [0.1, 0.15) is 53.9 Å². The summed E-state index contributed by atoms with van der Waals surface area (Å²) in [6.45, 7) is 15.1. The highest BCUT2D eigenvalue weighted by molar-refractivity contribution is 5.77. The number of hydrogen-bond acceptors (Lipinski definition) is 2. The third-order valence-corrected chi connectivity index (χ3v) is 3.23. The minimum atomic E-state index is 0.206. The van der Waals surface area contributed by atoms with Crippen LogP contribution in [0.5, 0.6) is 0 Å². The van der Waals surface area contributed by atoms with E-state index in [2.05, 4.69) is 32.7 Å². The van der Waals surface area contributed by atoms with Gasteiger partial charge >= 0.3 is 0 Å². The molecule has 0 fully saturated rings. The molecule has 0 aromatic carbocycles. The second-order valence-electron chi connectivity index (χ2n) is 5.66. The Morgan fingerprint density at radius 3 is 2.29 bits per heavy atom. The Morgan fingerprint density at radius 2 is 1.82 bits per heavy atom. The van der Waals surface area contributed by atoms with Gasteiger partial charge in [-0.25, -0.2) is 0 Å². The van der Waals surface area contributed by atoms with Gasteiger partial charge in [0, 0.05) is 12.0 Å². The van der Waals surface area contributed by atoms with Crippen molar-refractivity contribution < 1.29 is 4.79 Å². The zero-order valence-electron chi connectivity index (χ0n) is 12.2. The van der Waals surface area contributed by atoms with E-state index in [-0.39, 0.29) is 5.92 Å². The van der Waals surface area contributed by atoms with Crippen molar-refractivity contribution in [3.05, 3.63) is 12.2 Å². The summed E-state index contributed by atoms with van der Waals surface area (Å²) in [6, 6.07) is 0.505. The zero-order valence-corrected chi connectivity index (χ0v) is 12.2. The van der Waals surface area contributed by atoms with Gasteiger partial charge in [0.1, 0.15) is 5.78 Å². The molecule has 0 rings (SSSR count). The predicted molar refractivity (Wildman–Crippen MR) is 75.1 cm³/mol. The molecule has 0 radical (unpaired) electrons. The molecular weight excluding hydrogens is 210 g/mol. The molecule has 1 N–H and O–H groups in total. The van der Waals surface area contributed by atoms with Crippen LogP contribution in [0.2, 0.25) is 0 Å². The number of nitrogens with one attached hydrogen (secondary N) is 1. The highest BCUT2D eigenvalue weighted by Crippen LogP contribution is 2.15. The van der Waals surface area contributed by atoms with Crippen LogP contribution in [-0.2, 0) is 4.79 Å².